The number of nitrogens with zero attached hydrogens (tertiary/aromatic N) is 1. The van der Waals surface area contributed by atoms with Gasteiger partial charge in [-0.3, -0.25) is 4.79 Å². The van der Waals surface area contributed by atoms with Crippen LogP contribution in [0.1, 0.15) is 9.67 Å². The van der Waals surface area contributed by atoms with Crippen molar-refractivity contribution in [3.63, 3.8) is 0 Å². The van der Waals surface area contributed by atoms with Crippen molar-refractivity contribution in [1.29, 1.82) is 0 Å². The fourth-order valence-corrected chi connectivity index (χ4v) is 1.98. The highest BCUT2D eigenvalue weighted by Crippen LogP contribution is 2.09. The van der Waals surface area contributed by atoms with Crippen molar-refractivity contribution >= 4 is 22.8 Å². The average molecular weight is 219 g/mol. The lowest BCUT2D eigenvalue weighted by Crippen LogP contribution is -2.37. The summed E-state index contributed by atoms with van der Waals surface area (Å²) < 4.78 is 1.79. The number of thiophene rings is 1. The molecule has 0 aliphatic heterocycles. The fourth-order valence-electron chi connectivity index (χ4n) is 1.32. The highest BCUT2D eigenvalue weighted by Gasteiger charge is 2.12. The summed E-state index contributed by atoms with van der Waals surface area (Å²) in [6, 6.07) is 7.34. The zero-order valence-corrected chi connectivity index (χ0v) is 8.91. The number of anilines is 1. The number of pyridine rings is 1. The predicted octanol–water partition coefficient (Wildman–Crippen LogP) is 1.50. The van der Waals surface area contributed by atoms with Crippen LogP contribution >= 0.6 is 11.3 Å². The molecular weight excluding hydrogens is 208 g/mol. The first-order chi connectivity index (χ1) is 7.25. The lowest BCUT2D eigenvalue weighted by Gasteiger charge is -1.95. The summed E-state index contributed by atoms with van der Waals surface area (Å²) in [5.41, 5.74) is 6.29. The van der Waals surface area contributed by atoms with Crippen LogP contribution < -0.4 is 10.3 Å². The third kappa shape index (κ3) is 2.41. The SMILES string of the molecule is Nc1ccc[n+](CC(=O)c2cccs2)c1. The molecule has 2 aromatic heterocycles. The van der Waals surface area contributed by atoms with Gasteiger partial charge < -0.3 is 5.73 Å². The van der Waals surface area contributed by atoms with E-state index in [4.69, 9.17) is 5.73 Å². The second-order valence-electron chi connectivity index (χ2n) is 3.21. The van der Waals surface area contributed by atoms with Crippen LogP contribution in [-0.2, 0) is 6.54 Å². The smallest absolute Gasteiger partial charge is 0.237 e. The molecule has 4 heteroatoms. The first-order valence-corrected chi connectivity index (χ1v) is 5.45. The first kappa shape index (κ1) is 9.86. The number of carbonyl (C=O) groups is 1. The quantitative estimate of drug-likeness (QED) is 0.628. The second kappa shape index (κ2) is 4.23. The molecule has 0 aliphatic rings. The summed E-state index contributed by atoms with van der Waals surface area (Å²) >= 11 is 1.46. The third-order valence-electron chi connectivity index (χ3n) is 2.00. The van der Waals surface area contributed by atoms with Gasteiger partial charge in [-0.05, 0) is 17.5 Å². The Labute approximate surface area is 91.8 Å². The van der Waals surface area contributed by atoms with Gasteiger partial charge in [0.05, 0.1) is 10.6 Å². The van der Waals surface area contributed by atoms with E-state index < -0.39 is 0 Å². The van der Waals surface area contributed by atoms with Crippen molar-refractivity contribution in [1.82, 2.24) is 0 Å². The fraction of sp³-hybridized carbons (Fsp3) is 0.0909. The number of aromatic nitrogens is 1. The van der Waals surface area contributed by atoms with E-state index in [1.54, 1.807) is 16.8 Å². The summed E-state index contributed by atoms with van der Waals surface area (Å²) in [5, 5.41) is 1.90. The first-order valence-electron chi connectivity index (χ1n) is 4.57. The van der Waals surface area contributed by atoms with E-state index in [1.807, 2.05) is 29.8 Å². The highest BCUT2D eigenvalue weighted by atomic mass is 32.1. The van der Waals surface area contributed by atoms with Gasteiger partial charge in [-0.25, -0.2) is 0 Å². The lowest BCUT2D eigenvalue weighted by molar-refractivity contribution is -0.682. The Balaban J connectivity index is 2.13. The van der Waals surface area contributed by atoms with Crippen LogP contribution in [0.25, 0.3) is 0 Å². The Morgan fingerprint density at radius 2 is 2.27 bits per heavy atom. The van der Waals surface area contributed by atoms with Crippen LogP contribution in [0.15, 0.2) is 42.0 Å². The van der Waals surface area contributed by atoms with Crippen molar-refractivity contribution in [2.75, 3.05) is 5.73 Å². The molecule has 0 atom stereocenters. The van der Waals surface area contributed by atoms with Gasteiger partial charge in [0, 0.05) is 6.07 Å². The Bertz CT molecular complexity index is 465. The molecule has 76 valence electrons. The maximum Gasteiger partial charge on any atom is 0.237 e. The molecule has 0 aromatic carbocycles. The van der Waals surface area contributed by atoms with Crippen molar-refractivity contribution in [3.05, 3.63) is 46.9 Å². The van der Waals surface area contributed by atoms with E-state index in [0.29, 0.717) is 12.2 Å². The molecule has 2 aromatic rings. The zero-order valence-electron chi connectivity index (χ0n) is 8.09. The van der Waals surface area contributed by atoms with E-state index in [0.717, 1.165) is 4.88 Å². The van der Waals surface area contributed by atoms with Gasteiger partial charge in [0.15, 0.2) is 12.4 Å². The summed E-state index contributed by atoms with van der Waals surface area (Å²) in [6.07, 6.45) is 3.59. The molecule has 0 spiro atoms. The average Bonchev–Trinajstić information content (AvgIpc) is 2.70. The molecule has 3 nitrogen and oxygen atoms in total. The molecule has 0 unspecified atom stereocenters. The Morgan fingerprint density at radius 1 is 1.40 bits per heavy atom. The molecule has 0 radical (unpaired) electrons. The molecule has 0 aliphatic carbocycles. The molecular formula is C11H11N2OS+. The second-order valence-corrected chi connectivity index (χ2v) is 4.16. The normalized spacial score (nSPS) is 10.1. The molecule has 0 fully saturated rings. The van der Waals surface area contributed by atoms with E-state index in [1.165, 1.54) is 11.3 Å². The molecule has 15 heavy (non-hydrogen) atoms. The van der Waals surface area contributed by atoms with E-state index in [2.05, 4.69) is 0 Å². The van der Waals surface area contributed by atoms with E-state index >= 15 is 0 Å². The van der Waals surface area contributed by atoms with Crippen LogP contribution in [0.2, 0.25) is 0 Å². The van der Waals surface area contributed by atoms with Crippen LogP contribution in [0.5, 0.6) is 0 Å². The van der Waals surface area contributed by atoms with Gasteiger partial charge in [0.25, 0.3) is 0 Å². The Kier molecular flexibility index (Phi) is 2.78. The summed E-state index contributed by atoms with van der Waals surface area (Å²) in [4.78, 5) is 12.5. The van der Waals surface area contributed by atoms with E-state index in [-0.39, 0.29) is 5.78 Å². The van der Waals surface area contributed by atoms with Crippen molar-refractivity contribution in [3.8, 4) is 0 Å². The maximum absolute atomic E-state index is 11.7. The minimum Gasteiger partial charge on any atom is -0.394 e. The van der Waals surface area contributed by atoms with Gasteiger partial charge in [0.2, 0.25) is 12.3 Å². The minimum absolute atomic E-state index is 0.112. The highest BCUT2D eigenvalue weighted by molar-refractivity contribution is 7.12. The van der Waals surface area contributed by atoms with E-state index in [9.17, 15) is 4.79 Å². The number of nitrogens with two attached hydrogens (primary N) is 1. The largest absolute Gasteiger partial charge is 0.394 e. The number of hydrogen-bond donors (Lipinski definition) is 1. The van der Waals surface area contributed by atoms with Crippen LogP contribution in [-0.4, -0.2) is 5.78 Å². The molecule has 2 rings (SSSR count). The molecule has 0 saturated heterocycles. The maximum atomic E-state index is 11.7. The van der Waals surface area contributed by atoms with Gasteiger partial charge in [-0.2, -0.15) is 4.57 Å². The topological polar surface area (TPSA) is 47.0 Å². The monoisotopic (exact) mass is 219 g/mol. The minimum atomic E-state index is 0.112. The molecule has 0 saturated carbocycles. The Hall–Kier alpha value is -1.68. The number of carbonyl (C=O) groups excluding carboxylic acids is 1. The standard InChI is InChI=1S/C11H11N2OS/c12-9-3-1-5-13(7-9)8-10(14)11-4-2-6-15-11/h1-7H,8,12H2/q+1. The molecule has 0 amide bonds. The van der Waals surface area contributed by atoms with Gasteiger partial charge >= 0.3 is 0 Å². The number of nitrogen functional groups attached to an aromatic ring is 1. The zero-order chi connectivity index (χ0) is 10.7. The summed E-state index contributed by atoms with van der Waals surface area (Å²) in [6.45, 7) is 0.339. The summed E-state index contributed by atoms with van der Waals surface area (Å²) in [7, 11) is 0. The van der Waals surface area contributed by atoms with Crippen molar-refractivity contribution < 1.29 is 9.36 Å². The number of hydrogen-bond acceptors (Lipinski definition) is 3. The van der Waals surface area contributed by atoms with Gasteiger partial charge in [0.1, 0.15) is 0 Å². The molecule has 2 N–H and O–H groups in total. The van der Waals surface area contributed by atoms with Crippen LogP contribution in [0.3, 0.4) is 0 Å². The summed E-state index contributed by atoms with van der Waals surface area (Å²) in [5.74, 6) is 0.112. The predicted molar refractivity (Wildman–Crippen MR) is 59.7 cm³/mol. The van der Waals surface area contributed by atoms with Crippen LogP contribution in [0, 0.1) is 0 Å². The van der Waals surface area contributed by atoms with Crippen LogP contribution in [0.4, 0.5) is 5.69 Å². The molecule has 0 bridgehead atoms. The number of Topliss-reactive ketones (excluding diaryl/α,β-unsaturated/α-hetero) is 1. The Morgan fingerprint density at radius 3 is 2.93 bits per heavy atom. The van der Waals surface area contributed by atoms with Gasteiger partial charge in [-0.15, -0.1) is 11.3 Å². The number of ketones is 1. The molecule has 2 heterocycles. The van der Waals surface area contributed by atoms with Gasteiger partial charge in [-0.1, -0.05) is 6.07 Å². The number of rotatable bonds is 3. The van der Waals surface area contributed by atoms with Crippen molar-refractivity contribution in [2.45, 2.75) is 6.54 Å². The lowest BCUT2D eigenvalue weighted by atomic mass is 10.3. The van der Waals surface area contributed by atoms with Crippen molar-refractivity contribution in [2.24, 2.45) is 0 Å². The third-order valence-corrected chi connectivity index (χ3v) is 2.91.